The molecule has 0 unspecified atom stereocenters. The molecular formula is C13H13N3O2. The second-order valence-corrected chi connectivity index (χ2v) is 3.58. The number of ether oxygens (including phenoxy) is 1. The molecule has 0 amide bonds. The predicted molar refractivity (Wildman–Crippen MR) is 66.9 cm³/mol. The molecule has 1 heterocycles. The van der Waals surface area contributed by atoms with Gasteiger partial charge in [0.1, 0.15) is 0 Å². The van der Waals surface area contributed by atoms with Crippen LogP contribution in [0.4, 0.5) is 5.95 Å². The minimum Gasteiger partial charge on any atom is -0.467 e. The van der Waals surface area contributed by atoms with Gasteiger partial charge in [0, 0.05) is 12.4 Å². The third kappa shape index (κ3) is 2.82. The molecule has 1 aromatic carbocycles. The van der Waals surface area contributed by atoms with Crippen LogP contribution in [0.2, 0.25) is 0 Å². The summed E-state index contributed by atoms with van der Waals surface area (Å²) in [6.45, 7) is 0. The molecule has 0 bridgehead atoms. The zero-order valence-electron chi connectivity index (χ0n) is 9.91. The number of nitrogens with zero attached hydrogens (tertiary/aromatic N) is 2. The third-order valence-corrected chi connectivity index (χ3v) is 2.41. The predicted octanol–water partition coefficient (Wildman–Crippen LogP) is 1.80. The van der Waals surface area contributed by atoms with Crippen LogP contribution in [-0.2, 0) is 9.53 Å². The number of carbonyl (C=O) groups is 1. The monoisotopic (exact) mass is 243 g/mol. The van der Waals surface area contributed by atoms with Crippen molar-refractivity contribution in [3.05, 3.63) is 54.4 Å². The zero-order valence-corrected chi connectivity index (χ0v) is 9.91. The summed E-state index contributed by atoms with van der Waals surface area (Å²) >= 11 is 0. The molecule has 92 valence electrons. The molecule has 18 heavy (non-hydrogen) atoms. The number of aromatic nitrogens is 2. The number of carbonyl (C=O) groups excluding carboxylic acids is 1. The molecule has 2 rings (SSSR count). The van der Waals surface area contributed by atoms with E-state index in [1.54, 1.807) is 18.5 Å². The maximum atomic E-state index is 11.8. The maximum absolute atomic E-state index is 11.8. The lowest BCUT2D eigenvalue weighted by Crippen LogP contribution is -2.23. The van der Waals surface area contributed by atoms with Crippen molar-refractivity contribution >= 4 is 11.9 Å². The second-order valence-electron chi connectivity index (χ2n) is 3.58. The maximum Gasteiger partial charge on any atom is 0.333 e. The van der Waals surface area contributed by atoms with Crippen molar-refractivity contribution < 1.29 is 9.53 Å². The summed E-state index contributed by atoms with van der Waals surface area (Å²) in [6, 6.07) is 10.4. The first-order valence-corrected chi connectivity index (χ1v) is 5.47. The van der Waals surface area contributed by atoms with E-state index in [1.807, 2.05) is 30.3 Å². The summed E-state index contributed by atoms with van der Waals surface area (Å²) < 4.78 is 4.78. The van der Waals surface area contributed by atoms with E-state index < -0.39 is 6.04 Å². The molecule has 0 spiro atoms. The number of methoxy groups -OCH3 is 1. The molecule has 0 aliphatic heterocycles. The molecule has 0 fully saturated rings. The van der Waals surface area contributed by atoms with Crippen LogP contribution in [0.5, 0.6) is 0 Å². The van der Waals surface area contributed by atoms with Gasteiger partial charge in [-0.25, -0.2) is 14.8 Å². The molecule has 0 saturated carbocycles. The zero-order chi connectivity index (χ0) is 12.8. The molecular weight excluding hydrogens is 230 g/mol. The van der Waals surface area contributed by atoms with E-state index in [4.69, 9.17) is 4.74 Å². The molecule has 0 radical (unpaired) electrons. The van der Waals surface area contributed by atoms with Gasteiger partial charge in [-0.05, 0) is 11.6 Å². The van der Waals surface area contributed by atoms with Crippen molar-refractivity contribution in [1.29, 1.82) is 0 Å². The normalized spacial score (nSPS) is 11.6. The first-order chi connectivity index (χ1) is 8.81. The second kappa shape index (κ2) is 5.77. The largest absolute Gasteiger partial charge is 0.467 e. The lowest BCUT2D eigenvalue weighted by molar-refractivity contribution is -0.141. The van der Waals surface area contributed by atoms with E-state index in [9.17, 15) is 4.79 Å². The molecule has 0 saturated heterocycles. The van der Waals surface area contributed by atoms with Gasteiger partial charge in [0.25, 0.3) is 0 Å². The quantitative estimate of drug-likeness (QED) is 0.829. The SMILES string of the molecule is COC(=O)[C@@H](Nc1ncccn1)c1ccccc1. The van der Waals surface area contributed by atoms with Crippen molar-refractivity contribution in [2.45, 2.75) is 6.04 Å². The van der Waals surface area contributed by atoms with E-state index in [1.165, 1.54) is 7.11 Å². The van der Waals surface area contributed by atoms with Crippen molar-refractivity contribution in [1.82, 2.24) is 9.97 Å². The van der Waals surface area contributed by atoms with Crippen LogP contribution in [0, 0.1) is 0 Å². The minimum absolute atomic E-state index is 0.381. The van der Waals surface area contributed by atoms with E-state index in [0.29, 0.717) is 5.95 Å². The van der Waals surface area contributed by atoms with E-state index in [0.717, 1.165) is 5.56 Å². The van der Waals surface area contributed by atoms with Crippen LogP contribution < -0.4 is 5.32 Å². The van der Waals surface area contributed by atoms with Gasteiger partial charge in [-0.2, -0.15) is 0 Å². The van der Waals surface area contributed by atoms with Crippen molar-refractivity contribution in [3.63, 3.8) is 0 Å². The number of hydrogen-bond acceptors (Lipinski definition) is 5. The summed E-state index contributed by atoms with van der Waals surface area (Å²) in [5, 5.41) is 2.95. The van der Waals surface area contributed by atoms with Gasteiger partial charge in [0.15, 0.2) is 6.04 Å². The number of esters is 1. The lowest BCUT2D eigenvalue weighted by Gasteiger charge is -2.16. The van der Waals surface area contributed by atoms with Gasteiger partial charge >= 0.3 is 5.97 Å². The van der Waals surface area contributed by atoms with Crippen LogP contribution in [-0.4, -0.2) is 23.0 Å². The molecule has 5 heteroatoms. The first-order valence-electron chi connectivity index (χ1n) is 5.47. The van der Waals surface area contributed by atoms with Gasteiger partial charge in [-0.3, -0.25) is 0 Å². The molecule has 0 aliphatic carbocycles. The Morgan fingerprint density at radius 2 is 1.83 bits per heavy atom. The van der Waals surface area contributed by atoms with Crippen molar-refractivity contribution in [2.24, 2.45) is 0 Å². The fourth-order valence-electron chi connectivity index (χ4n) is 1.54. The van der Waals surface area contributed by atoms with Gasteiger partial charge < -0.3 is 10.1 Å². The number of anilines is 1. The molecule has 0 aliphatic rings. The Bertz CT molecular complexity index is 502. The van der Waals surface area contributed by atoms with E-state index >= 15 is 0 Å². The summed E-state index contributed by atoms with van der Waals surface area (Å²) in [4.78, 5) is 19.8. The highest BCUT2D eigenvalue weighted by Gasteiger charge is 2.21. The van der Waals surface area contributed by atoms with Crippen LogP contribution in [0.15, 0.2) is 48.8 Å². The van der Waals surface area contributed by atoms with Crippen LogP contribution in [0.25, 0.3) is 0 Å². The highest BCUT2D eigenvalue weighted by Crippen LogP contribution is 2.18. The Hall–Kier alpha value is -2.43. The Kier molecular flexibility index (Phi) is 3.86. The first kappa shape index (κ1) is 12.0. The van der Waals surface area contributed by atoms with Crippen LogP contribution >= 0.6 is 0 Å². The number of hydrogen-bond donors (Lipinski definition) is 1. The molecule has 1 N–H and O–H groups in total. The smallest absolute Gasteiger partial charge is 0.333 e. The highest BCUT2D eigenvalue weighted by atomic mass is 16.5. The summed E-state index contributed by atoms with van der Waals surface area (Å²) in [7, 11) is 1.35. The summed E-state index contributed by atoms with van der Waals surface area (Å²) in [5.41, 5.74) is 0.803. The van der Waals surface area contributed by atoms with Crippen LogP contribution in [0.1, 0.15) is 11.6 Å². The van der Waals surface area contributed by atoms with E-state index in [-0.39, 0.29) is 5.97 Å². The average Bonchev–Trinajstić information content (AvgIpc) is 2.46. The van der Waals surface area contributed by atoms with E-state index in [2.05, 4.69) is 15.3 Å². The third-order valence-electron chi connectivity index (χ3n) is 2.41. The lowest BCUT2D eigenvalue weighted by atomic mass is 10.1. The Morgan fingerprint density at radius 3 is 2.44 bits per heavy atom. The van der Waals surface area contributed by atoms with Crippen molar-refractivity contribution in [2.75, 3.05) is 12.4 Å². The number of nitrogens with one attached hydrogen (secondary N) is 1. The van der Waals surface area contributed by atoms with Gasteiger partial charge in [-0.15, -0.1) is 0 Å². The topological polar surface area (TPSA) is 64.1 Å². The number of benzene rings is 1. The number of rotatable bonds is 4. The molecule has 1 atom stereocenters. The fraction of sp³-hybridized carbons (Fsp3) is 0.154. The van der Waals surface area contributed by atoms with Crippen molar-refractivity contribution in [3.8, 4) is 0 Å². The van der Waals surface area contributed by atoms with Crippen LogP contribution in [0.3, 0.4) is 0 Å². The van der Waals surface area contributed by atoms with Gasteiger partial charge in [0.2, 0.25) is 5.95 Å². The summed E-state index contributed by atoms with van der Waals surface area (Å²) in [6.07, 6.45) is 3.21. The average molecular weight is 243 g/mol. The Labute approximate surface area is 105 Å². The standard InChI is InChI=1S/C13H13N3O2/c1-18-12(17)11(10-6-3-2-4-7-10)16-13-14-8-5-9-15-13/h2-9,11H,1H3,(H,14,15,16)/t11-/m0/s1. The Balaban J connectivity index is 2.24. The Morgan fingerprint density at radius 1 is 1.17 bits per heavy atom. The molecule has 5 nitrogen and oxygen atoms in total. The fourth-order valence-corrected chi connectivity index (χ4v) is 1.54. The molecule has 2 aromatic rings. The van der Waals surface area contributed by atoms with Gasteiger partial charge in [0.05, 0.1) is 7.11 Å². The van der Waals surface area contributed by atoms with Gasteiger partial charge in [-0.1, -0.05) is 30.3 Å². The summed E-state index contributed by atoms with van der Waals surface area (Å²) in [5.74, 6) is 0.00501. The highest BCUT2D eigenvalue weighted by molar-refractivity contribution is 5.80. The minimum atomic E-state index is -0.612. The molecule has 1 aromatic heterocycles.